The van der Waals surface area contributed by atoms with Crippen molar-refractivity contribution < 1.29 is 19.0 Å². The fourth-order valence-corrected chi connectivity index (χ4v) is 3.35. The van der Waals surface area contributed by atoms with Gasteiger partial charge in [-0.3, -0.25) is 10.2 Å². The molecule has 0 aliphatic carbocycles. The van der Waals surface area contributed by atoms with E-state index >= 15 is 0 Å². The second-order valence-electron chi connectivity index (χ2n) is 8.52. The van der Waals surface area contributed by atoms with Crippen LogP contribution in [0.1, 0.15) is 39.7 Å². The topological polar surface area (TPSA) is 84.2 Å². The quantitative estimate of drug-likeness (QED) is 0.435. The predicted octanol–water partition coefficient (Wildman–Crippen LogP) is 4.21. The molecule has 1 aromatic rings. The maximum absolute atomic E-state index is 13.3. The molecule has 174 valence electrons. The zero-order chi connectivity index (χ0) is 23.7. The number of amides is 1. The largest absolute Gasteiger partial charge is 0.493 e. The summed E-state index contributed by atoms with van der Waals surface area (Å²) >= 11 is 0. The summed E-state index contributed by atoms with van der Waals surface area (Å²) in [4.78, 5) is 19.4. The van der Waals surface area contributed by atoms with Gasteiger partial charge in [0.05, 0.1) is 43.9 Å². The fraction of sp³-hybridized carbons (Fsp3) is 0.480. The molecule has 0 radical (unpaired) electrons. The van der Waals surface area contributed by atoms with Crippen LogP contribution in [0.5, 0.6) is 11.5 Å². The number of hydrogen-bond acceptors (Lipinski definition) is 6. The average molecular weight is 442 g/mol. The first-order valence-corrected chi connectivity index (χ1v) is 10.9. The molecule has 0 unspecified atom stereocenters. The smallest absolute Gasteiger partial charge is 0.272 e. The van der Waals surface area contributed by atoms with Crippen LogP contribution in [-0.2, 0) is 16.0 Å². The van der Waals surface area contributed by atoms with Crippen molar-refractivity contribution in [3.8, 4) is 11.5 Å². The first-order valence-electron chi connectivity index (χ1n) is 10.9. The molecule has 2 rings (SSSR count). The van der Waals surface area contributed by atoms with Gasteiger partial charge in [-0.1, -0.05) is 18.7 Å². The zero-order valence-electron chi connectivity index (χ0n) is 19.8. The zero-order valence-corrected chi connectivity index (χ0v) is 19.8. The molecule has 1 fully saturated rings. The Bertz CT molecular complexity index is 887. The summed E-state index contributed by atoms with van der Waals surface area (Å²) < 4.78 is 16.8. The molecule has 0 saturated carbocycles. The third kappa shape index (κ3) is 7.05. The Balaban J connectivity index is 2.20. The molecule has 1 amide bonds. The van der Waals surface area contributed by atoms with Crippen LogP contribution < -0.4 is 9.47 Å². The Morgan fingerprint density at radius 2 is 2.12 bits per heavy atom. The van der Waals surface area contributed by atoms with Gasteiger partial charge in [-0.2, -0.15) is 0 Å². The maximum atomic E-state index is 13.3. The van der Waals surface area contributed by atoms with Crippen LogP contribution in [0.25, 0.3) is 0 Å². The van der Waals surface area contributed by atoms with Crippen LogP contribution in [0.15, 0.2) is 47.6 Å². The molecule has 1 aromatic carbocycles. The molecule has 0 atom stereocenters. The van der Waals surface area contributed by atoms with E-state index in [1.165, 1.54) is 12.3 Å². The number of carbonyl (C=O) groups is 1. The number of carbonyl (C=O) groups excluding carboxylic acids is 1. The number of aryl methyl sites for hydroxylation is 1. The highest BCUT2D eigenvalue weighted by Gasteiger charge is 2.35. The van der Waals surface area contributed by atoms with E-state index in [-0.39, 0.29) is 17.7 Å². The third-order valence-corrected chi connectivity index (χ3v) is 5.03. The van der Waals surface area contributed by atoms with E-state index in [1.54, 1.807) is 12.0 Å². The second kappa shape index (κ2) is 11.6. The Kier molecular flexibility index (Phi) is 9.20. The number of nitrogens with one attached hydrogen (secondary N) is 1. The van der Waals surface area contributed by atoms with Gasteiger partial charge in [-0.25, -0.2) is 4.99 Å². The van der Waals surface area contributed by atoms with Crippen LogP contribution >= 0.6 is 0 Å². The number of hydrogen-bond donors (Lipinski definition) is 1. The third-order valence-electron chi connectivity index (χ3n) is 5.03. The normalized spacial score (nSPS) is 16.3. The lowest BCUT2D eigenvalue weighted by atomic mass is 10.0. The Labute approximate surface area is 191 Å². The van der Waals surface area contributed by atoms with Crippen molar-refractivity contribution in [3.05, 3.63) is 48.2 Å². The Morgan fingerprint density at radius 1 is 1.38 bits per heavy atom. The summed E-state index contributed by atoms with van der Waals surface area (Å²) in [7, 11) is 1.62. The van der Waals surface area contributed by atoms with Crippen LogP contribution in [-0.4, -0.2) is 61.2 Å². The number of rotatable bonds is 10. The monoisotopic (exact) mass is 441 g/mol. The van der Waals surface area contributed by atoms with Gasteiger partial charge in [0, 0.05) is 6.54 Å². The second-order valence-corrected chi connectivity index (χ2v) is 8.52. The molecule has 0 aromatic heterocycles. The minimum absolute atomic E-state index is 0.0582. The predicted molar refractivity (Wildman–Crippen MR) is 128 cm³/mol. The van der Waals surface area contributed by atoms with Crippen LogP contribution in [0.2, 0.25) is 0 Å². The van der Waals surface area contributed by atoms with Gasteiger partial charge in [0.25, 0.3) is 5.91 Å². The number of nitrogens with zero attached hydrogens (tertiary/aromatic N) is 2. The molecule has 0 bridgehead atoms. The van der Waals surface area contributed by atoms with E-state index in [0.29, 0.717) is 49.8 Å². The van der Waals surface area contributed by atoms with Gasteiger partial charge in [0.15, 0.2) is 11.5 Å². The van der Waals surface area contributed by atoms with Gasteiger partial charge in [-0.15, -0.1) is 0 Å². The summed E-state index contributed by atoms with van der Waals surface area (Å²) in [6.07, 6.45) is 5.94. The van der Waals surface area contributed by atoms with Crippen molar-refractivity contribution in [2.75, 3.05) is 26.9 Å². The van der Waals surface area contributed by atoms with Crippen molar-refractivity contribution in [2.24, 2.45) is 4.99 Å². The average Bonchev–Trinajstić information content (AvgIpc) is 2.75. The van der Waals surface area contributed by atoms with E-state index < -0.39 is 5.54 Å². The molecular formula is C25H35N3O4. The van der Waals surface area contributed by atoms with Crippen LogP contribution in [0.4, 0.5) is 0 Å². The van der Waals surface area contributed by atoms with Crippen LogP contribution in [0, 0.1) is 5.41 Å². The van der Waals surface area contributed by atoms with Crippen molar-refractivity contribution >= 4 is 17.8 Å². The molecule has 1 heterocycles. The summed E-state index contributed by atoms with van der Waals surface area (Å²) in [6.45, 7) is 12.9. The van der Waals surface area contributed by atoms with Gasteiger partial charge in [-0.05, 0) is 64.3 Å². The minimum Gasteiger partial charge on any atom is -0.493 e. The fourth-order valence-electron chi connectivity index (χ4n) is 3.35. The SMILES string of the molecule is C=CC(=N)/C=N/C(=C/CCc1ccc(OC(C)C)c(OC)c1)C(=O)N1CCOCC1(C)C. The van der Waals surface area contributed by atoms with E-state index in [2.05, 4.69) is 11.6 Å². The van der Waals surface area contributed by atoms with Crippen molar-refractivity contribution in [2.45, 2.75) is 52.2 Å². The number of methoxy groups -OCH3 is 1. The van der Waals surface area contributed by atoms with Crippen molar-refractivity contribution in [3.63, 3.8) is 0 Å². The lowest BCUT2D eigenvalue weighted by molar-refractivity contribution is -0.142. The van der Waals surface area contributed by atoms with E-state index in [1.807, 2.05) is 52.0 Å². The molecule has 0 spiro atoms. The minimum atomic E-state index is -0.421. The maximum Gasteiger partial charge on any atom is 0.272 e. The van der Waals surface area contributed by atoms with Gasteiger partial charge < -0.3 is 19.1 Å². The molecule has 1 N–H and O–H groups in total. The van der Waals surface area contributed by atoms with Crippen molar-refractivity contribution in [1.82, 2.24) is 4.90 Å². The molecule has 1 aliphatic rings. The highest BCUT2D eigenvalue weighted by Crippen LogP contribution is 2.29. The molecule has 1 aliphatic heterocycles. The summed E-state index contributed by atoms with van der Waals surface area (Å²) in [5.41, 5.74) is 1.11. The van der Waals surface area contributed by atoms with E-state index in [9.17, 15) is 4.79 Å². The number of allylic oxidation sites excluding steroid dienone is 2. The van der Waals surface area contributed by atoms with E-state index in [0.717, 1.165) is 5.56 Å². The van der Waals surface area contributed by atoms with Gasteiger partial charge >= 0.3 is 0 Å². The molecule has 7 nitrogen and oxygen atoms in total. The molecule has 1 saturated heterocycles. The lowest BCUT2D eigenvalue weighted by Gasteiger charge is -2.42. The van der Waals surface area contributed by atoms with Gasteiger partial charge in [0.1, 0.15) is 5.70 Å². The summed E-state index contributed by atoms with van der Waals surface area (Å²) in [5, 5.41) is 7.75. The highest BCUT2D eigenvalue weighted by atomic mass is 16.5. The highest BCUT2D eigenvalue weighted by molar-refractivity contribution is 6.34. The van der Waals surface area contributed by atoms with E-state index in [4.69, 9.17) is 19.6 Å². The summed E-state index contributed by atoms with van der Waals surface area (Å²) in [5.74, 6) is 1.23. The standard InChI is InChI=1S/C25H35N3O4/c1-7-20(26)16-27-21(24(29)28-13-14-31-17-25(28,4)5)10-8-9-19-11-12-22(32-18(2)3)23(15-19)30-6/h7,10-12,15-16,18,26H,1,8-9,13-14,17H2,2-6H3/b21-10+,26-20?,27-16+. The first kappa shape index (κ1) is 25.3. The van der Waals surface area contributed by atoms with Gasteiger partial charge in [0.2, 0.25) is 0 Å². The van der Waals surface area contributed by atoms with Crippen LogP contribution in [0.3, 0.4) is 0 Å². The number of ether oxygens (including phenoxy) is 3. The number of morpholine rings is 1. The molecular weight excluding hydrogens is 406 g/mol. The molecule has 7 heteroatoms. The lowest BCUT2D eigenvalue weighted by Crippen LogP contribution is -2.55. The number of benzene rings is 1. The molecule has 32 heavy (non-hydrogen) atoms. The summed E-state index contributed by atoms with van der Waals surface area (Å²) in [6, 6.07) is 5.86. The Morgan fingerprint density at radius 3 is 2.75 bits per heavy atom. The van der Waals surface area contributed by atoms with Crippen molar-refractivity contribution in [1.29, 1.82) is 5.41 Å². The Hall–Kier alpha value is -2.93. The number of aliphatic imine (C=N–C) groups is 1. The first-order chi connectivity index (χ1) is 15.2.